The van der Waals surface area contributed by atoms with Gasteiger partial charge in [0.1, 0.15) is 5.75 Å². The van der Waals surface area contributed by atoms with Crippen LogP contribution >= 0.6 is 34.4 Å². The van der Waals surface area contributed by atoms with Gasteiger partial charge in [-0.25, -0.2) is 0 Å². The minimum Gasteiger partial charge on any atom is -0.493 e. The second-order valence-electron chi connectivity index (χ2n) is 7.57. The second-order valence-corrected chi connectivity index (χ2v) is 11.4. The van der Waals surface area contributed by atoms with Gasteiger partial charge in [0.2, 0.25) is 0 Å². The van der Waals surface area contributed by atoms with E-state index >= 15 is 0 Å². The Morgan fingerprint density at radius 3 is 2.41 bits per heavy atom. The summed E-state index contributed by atoms with van der Waals surface area (Å²) in [4.78, 5) is 3.12. The lowest BCUT2D eigenvalue weighted by atomic mass is 10.2. The maximum atomic E-state index is 12.7. The third-order valence-corrected chi connectivity index (χ3v) is 7.48. The van der Waals surface area contributed by atoms with E-state index in [1.807, 2.05) is 37.2 Å². The molecule has 0 amide bonds. The molecule has 2 N–H and O–H groups in total. The minimum absolute atomic E-state index is 0.0807. The normalized spacial score (nSPS) is 15.6. The Labute approximate surface area is 228 Å². The highest BCUT2D eigenvalue weighted by atomic mass is 127. The number of benzene rings is 3. The Bertz CT molecular complexity index is 1470. The van der Waals surface area contributed by atoms with Gasteiger partial charge in [-0.3, -0.25) is 4.18 Å². The van der Waals surface area contributed by atoms with Gasteiger partial charge in [-0.05, 0) is 97.7 Å². The van der Waals surface area contributed by atoms with E-state index in [0.29, 0.717) is 12.2 Å². The van der Waals surface area contributed by atoms with Crippen molar-refractivity contribution < 1.29 is 25.6 Å². The van der Waals surface area contributed by atoms with Crippen molar-refractivity contribution in [2.24, 2.45) is 0 Å². The molecule has 0 aliphatic carbocycles. The van der Waals surface area contributed by atoms with Crippen molar-refractivity contribution in [3.05, 3.63) is 75.4 Å². The molecule has 6 nitrogen and oxygen atoms in total. The van der Waals surface area contributed by atoms with Crippen LogP contribution in [0.1, 0.15) is 25.7 Å². The molecule has 3 aromatic carbocycles. The Hall–Kier alpha value is -1.79. The van der Waals surface area contributed by atoms with Gasteiger partial charge < -0.3 is 15.4 Å². The van der Waals surface area contributed by atoms with Crippen LogP contribution in [0.15, 0.2) is 75.4 Å². The van der Waals surface area contributed by atoms with Gasteiger partial charge in [-0.15, -0.1) is 0 Å². The summed E-state index contributed by atoms with van der Waals surface area (Å²) in [7, 11) is -1.08. The molecule has 0 radical (unpaired) electrons. The molecular formula is C25H29IN2O4S2. The molecular weight excluding hydrogens is 583 g/mol. The third-order valence-electron chi connectivity index (χ3n) is 4.44. The first-order chi connectivity index (χ1) is 18.3. The van der Waals surface area contributed by atoms with Crippen molar-refractivity contribution in [3.8, 4) is 5.75 Å². The highest BCUT2D eigenvalue weighted by Crippen LogP contribution is 2.36. The van der Waals surface area contributed by atoms with Crippen LogP contribution in [-0.4, -0.2) is 40.5 Å². The van der Waals surface area contributed by atoms with E-state index < -0.39 is 34.5 Å². The minimum atomic E-state index is -4.77. The van der Waals surface area contributed by atoms with Crippen LogP contribution in [0.4, 0.5) is 5.69 Å². The fraction of sp³-hybridized carbons (Fsp3) is 0.280. The predicted octanol–water partition coefficient (Wildman–Crippen LogP) is 5.57. The second kappa shape index (κ2) is 12.3. The average Bonchev–Trinajstić information content (AvgIpc) is 2.81. The van der Waals surface area contributed by atoms with Crippen LogP contribution in [-0.2, 0) is 20.8 Å². The van der Waals surface area contributed by atoms with Gasteiger partial charge in [0, 0.05) is 34.7 Å². The molecule has 0 bridgehead atoms. The van der Waals surface area contributed by atoms with Gasteiger partial charge in [0.15, 0.2) is 0 Å². The lowest BCUT2D eigenvalue weighted by Gasteiger charge is -2.16. The van der Waals surface area contributed by atoms with E-state index in [1.165, 1.54) is 48.2 Å². The summed E-state index contributed by atoms with van der Waals surface area (Å²) in [6, 6.07) is 15.6. The van der Waals surface area contributed by atoms with Crippen LogP contribution in [0.25, 0.3) is 0 Å². The van der Waals surface area contributed by atoms with Crippen LogP contribution < -0.4 is 10.5 Å². The molecule has 0 saturated carbocycles. The van der Waals surface area contributed by atoms with E-state index in [9.17, 15) is 8.42 Å². The summed E-state index contributed by atoms with van der Waals surface area (Å²) in [5.41, 5.74) is 8.24. The van der Waals surface area contributed by atoms with Crippen molar-refractivity contribution in [2.75, 3.05) is 32.9 Å². The molecule has 0 unspecified atom stereocenters. The molecule has 9 heteroatoms. The number of hydrogen-bond donors (Lipinski definition) is 1. The lowest BCUT2D eigenvalue weighted by Crippen LogP contribution is -2.12. The number of nitrogens with zero attached hydrogens (tertiary/aromatic N) is 1. The number of anilines is 1. The first-order valence-electron chi connectivity index (χ1n) is 13.1. The standard InChI is InChI=1S/C25H29IN2O4S2/c1-18-5-9-22(10-6-18)34(29,30)32-14-4-13-31-21-8-12-24(19(15-21)17-28(2)3)33-25-11-7-20(26)16-23(25)27/h5-12,15-16H,4,13-14,17,27H2,1-3H3/i4D2,13D2,14D2. The lowest BCUT2D eigenvalue weighted by molar-refractivity contribution is 0.250. The number of hydrogen-bond acceptors (Lipinski definition) is 7. The summed E-state index contributed by atoms with van der Waals surface area (Å²) in [5.74, 6) is -0.0807. The molecule has 0 saturated heterocycles. The van der Waals surface area contributed by atoms with E-state index in [1.54, 1.807) is 13.0 Å². The van der Waals surface area contributed by atoms with Gasteiger partial charge in [0.25, 0.3) is 10.1 Å². The maximum absolute atomic E-state index is 12.7. The number of aryl methyl sites for hydroxylation is 1. The molecule has 0 aromatic heterocycles. The van der Waals surface area contributed by atoms with E-state index in [4.69, 9.17) is 18.7 Å². The topological polar surface area (TPSA) is 81.9 Å². The highest BCUT2D eigenvalue weighted by molar-refractivity contribution is 14.1. The zero-order chi connectivity index (χ0) is 30.1. The molecule has 3 rings (SSSR count). The summed E-state index contributed by atoms with van der Waals surface area (Å²) >= 11 is 3.58. The number of ether oxygens (including phenoxy) is 1. The van der Waals surface area contributed by atoms with Crippen LogP contribution in [0.5, 0.6) is 5.75 Å². The van der Waals surface area contributed by atoms with Gasteiger partial charge in [0.05, 0.1) is 23.5 Å². The monoisotopic (exact) mass is 618 g/mol. The Morgan fingerprint density at radius 2 is 1.74 bits per heavy atom. The van der Waals surface area contributed by atoms with Crippen LogP contribution in [0, 0.1) is 10.5 Å². The molecule has 0 heterocycles. The van der Waals surface area contributed by atoms with E-state index in [0.717, 1.165) is 24.5 Å². The number of nitrogens with two attached hydrogens (primary N) is 1. The Balaban J connectivity index is 1.89. The molecule has 0 aliphatic heterocycles. The molecule has 182 valence electrons. The number of rotatable bonds is 11. The number of nitrogen functional groups attached to an aromatic ring is 1. The van der Waals surface area contributed by atoms with Crippen LogP contribution in [0.2, 0.25) is 0 Å². The highest BCUT2D eigenvalue weighted by Gasteiger charge is 2.15. The van der Waals surface area contributed by atoms with Gasteiger partial charge >= 0.3 is 0 Å². The van der Waals surface area contributed by atoms with E-state index in [-0.39, 0.29) is 5.75 Å². The van der Waals surface area contributed by atoms with Crippen LogP contribution in [0.3, 0.4) is 0 Å². The van der Waals surface area contributed by atoms with Gasteiger partial charge in [-0.1, -0.05) is 29.5 Å². The van der Waals surface area contributed by atoms with Crippen molar-refractivity contribution in [3.63, 3.8) is 0 Å². The number of halogens is 1. The maximum Gasteiger partial charge on any atom is 0.296 e. The first kappa shape index (κ1) is 19.4. The smallest absolute Gasteiger partial charge is 0.296 e. The Kier molecular flexibility index (Phi) is 6.99. The van der Waals surface area contributed by atoms with Crippen molar-refractivity contribution in [2.45, 2.75) is 34.5 Å². The first-order valence-corrected chi connectivity index (χ1v) is 13.4. The van der Waals surface area contributed by atoms with Crippen molar-refractivity contribution in [1.82, 2.24) is 4.90 Å². The van der Waals surface area contributed by atoms with Crippen molar-refractivity contribution >= 4 is 50.2 Å². The average molecular weight is 619 g/mol. The summed E-state index contributed by atoms with van der Waals surface area (Å²) in [5, 5.41) is 0. The summed E-state index contributed by atoms with van der Waals surface area (Å²) in [6.07, 6.45) is -3.57. The zero-order valence-corrected chi connectivity index (χ0v) is 22.6. The fourth-order valence-corrected chi connectivity index (χ4v) is 5.02. The predicted molar refractivity (Wildman–Crippen MR) is 146 cm³/mol. The van der Waals surface area contributed by atoms with Gasteiger partial charge in [-0.2, -0.15) is 8.42 Å². The van der Waals surface area contributed by atoms with Crippen molar-refractivity contribution in [1.29, 1.82) is 0 Å². The Morgan fingerprint density at radius 1 is 1.03 bits per heavy atom. The molecule has 34 heavy (non-hydrogen) atoms. The molecule has 0 aliphatic rings. The fourth-order valence-electron chi connectivity index (χ4n) is 2.85. The summed E-state index contributed by atoms with van der Waals surface area (Å²) < 4.78 is 85.4. The molecule has 0 spiro atoms. The SMILES string of the molecule is [2H]C([2H])(Oc1ccc(Sc2ccc(I)cc2N)c(CN(C)C)c1)C([2H])([2H])C([2H])([2H])OS(=O)(=O)c1ccc(C)cc1. The summed E-state index contributed by atoms with van der Waals surface area (Å²) in [6.45, 7) is -4.82. The molecule has 3 aromatic rings. The largest absolute Gasteiger partial charge is 0.493 e. The van der Waals surface area contributed by atoms with E-state index in [2.05, 4.69) is 26.8 Å². The molecule has 0 atom stereocenters. The third kappa shape index (κ3) is 7.88. The molecule has 0 fully saturated rings. The quantitative estimate of drug-likeness (QED) is 0.171. The zero-order valence-electron chi connectivity index (χ0n) is 24.8.